The smallest absolute Gasteiger partial charge is 0.379 e. The summed E-state index contributed by atoms with van der Waals surface area (Å²) >= 11 is 0. The number of rotatable bonds is 7. The van der Waals surface area contributed by atoms with Gasteiger partial charge < -0.3 is 9.63 Å². The summed E-state index contributed by atoms with van der Waals surface area (Å²) in [5.41, 5.74) is 0. The van der Waals surface area contributed by atoms with Crippen molar-refractivity contribution in [2.45, 2.75) is 13.8 Å². The van der Waals surface area contributed by atoms with Gasteiger partial charge in [0.1, 0.15) is 0 Å². The highest BCUT2D eigenvalue weighted by Crippen LogP contribution is 2.42. The molecule has 1 atom stereocenters. The van der Waals surface area contributed by atoms with Gasteiger partial charge in [-0.1, -0.05) is 0 Å². The Balaban J connectivity index is 3.41. The van der Waals surface area contributed by atoms with Crippen LogP contribution in [0.2, 0.25) is 0 Å². The van der Waals surface area contributed by atoms with Gasteiger partial charge in [-0.25, -0.2) is 4.57 Å². The maximum absolute atomic E-state index is 10.8. The lowest BCUT2D eigenvalue weighted by molar-refractivity contribution is 0.0842. The van der Waals surface area contributed by atoms with Crippen LogP contribution in [0.3, 0.4) is 0 Å². The highest BCUT2D eigenvalue weighted by molar-refractivity contribution is 7.47. The van der Waals surface area contributed by atoms with E-state index in [1.54, 1.807) is 6.92 Å². The van der Waals surface area contributed by atoms with Gasteiger partial charge in [-0.05, 0) is 13.8 Å². The first kappa shape index (κ1) is 12.1. The average molecular weight is 198 g/mol. The third kappa shape index (κ3) is 6.76. The lowest BCUT2D eigenvalue weighted by Gasteiger charge is -2.10. The highest BCUT2D eigenvalue weighted by Gasteiger charge is 2.18. The van der Waals surface area contributed by atoms with E-state index in [2.05, 4.69) is 9.05 Å². The second-order valence-electron chi connectivity index (χ2n) is 1.92. The molecular formula is C6H15O5P. The fraction of sp³-hybridized carbons (Fsp3) is 1.00. The second kappa shape index (κ2) is 6.57. The maximum Gasteiger partial charge on any atom is 0.472 e. The number of phosphoric acid groups is 1. The van der Waals surface area contributed by atoms with Crippen LogP contribution >= 0.6 is 7.82 Å². The van der Waals surface area contributed by atoms with Crippen molar-refractivity contribution in [3.05, 3.63) is 0 Å². The van der Waals surface area contributed by atoms with E-state index < -0.39 is 7.82 Å². The quantitative estimate of drug-likeness (QED) is 0.491. The van der Waals surface area contributed by atoms with E-state index >= 15 is 0 Å². The molecule has 0 fully saturated rings. The molecule has 12 heavy (non-hydrogen) atoms. The molecule has 0 aromatic rings. The molecule has 0 aliphatic heterocycles. The van der Waals surface area contributed by atoms with Gasteiger partial charge in [0, 0.05) is 6.61 Å². The summed E-state index contributed by atoms with van der Waals surface area (Å²) in [7, 11) is -3.81. The average Bonchev–Trinajstić information content (AvgIpc) is 1.98. The summed E-state index contributed by atoms with van der Waals surface area (Å²) in [6.07, 6.45) is 0. The molecule has 0 aromatic heterocycles. The minimum Gasteiger partial charge on any atom is -0.379 e. The molecule has 0 saturated heterocycles. The Labute approximate surface area is 72.2 Å². The highest BCUT2D eigenvalue weighted by atomic mass is 31.2. The molecule has 74 valence electrons. The zero-order valence-electron chi connectivity index (χ0n) is 7.36. The standard InChI is InChI=1S/C6H15O5P/c1-3-9-5-6-11-12(7,8)10-4-2/h3-6H2,1-2H3,(H,7,8). The van der Waals surface area contributed by atoms with Crippen LogP contribution < -0.4 is 0 Å². The Bertz CT molecular complexity index is 149. The van der Waals surface area contributed by atoms with Gasteiger partial charge in [0.2, 0.25) is 0 Å². The molecule has 0 heterocycles. The molecule has 6 heteroatoms. The molecule has 1 unspecified atom stereocenters. The molecular weight excluding hydrogens is 183 g/mol. The van der Waals surface area contributed by atoms with Crippen molar-refractivity contribution in [2.24, 2.45) is 0 Å². The van der Waals surface area contributed by atoms with Crippen molar-refractivity contribution in [1.82, 2.24) is 0 Å². The Morgan fingerprint density at radius 2 is 1.83 bits per heavy atom. The summed E-state index contributed by atoms with van der Waals surface area (Å²) in [6.45, 7) is 4.54. The van der Waals surface area contributed by atoms with E-state index in [0.717, 1.165) is 0 Å². The fourth-order valence-electron chi connectivity index (χ4n) is 0.556. The molecule has 0 spiro atoms. The Kier molecular flexibility index (Phi) is 6.61. The summed E-state index contributed by atoms with van der Waals surface area (Å²) in [4.78, 5) is 8.87. The molecule has 0 aliphatic rings. The molecule has 0 saturated carbocycles. The predicted octanol–water partition coefficient (Wildman–Crippen LogP) is 1.18. The summed E-state index contributed by atoms with van der Waals surface area (Å²) in [6, 6.07) is 0. The molecule has 0 aromatic carbocycles. The fourth-order valence-corrected chi connectivity index (χ4v) is 1.26. The van der Waals surface area contributed by atoms with E-state index in [1.165, 1.54) is 0 Å². The minimum absolute atomic E-state index is 0.0710. The first-order chi connectivity index (χ1) is 5.62. The SMILES string of the molecule is CCOCCOP(=O)(O)OCC. The second-order valence-corrected chi connectivity index (χ2v) is 3.37. The molecule has 5 nitrogen and oxygen atoms in total. The molecule has 0 bridgehead atoms. The Hall–Kier alpha value is 0.0700. The van der Waals surface area contributed by atoms with E-state index in [-0.39, 0.29) is 13.2 Å². The van der Waals surface area contributed by atoms with E-state index in [0.29, 0.717) is 13.2 Å². The number of hydrogen-bond donors (Lipinski definition) is 1. The Morgan fingerprint density at radius 1 is 1.17 bits per heavy atom. The third-order valence-electron chi connectivity index (χ3n) is 0.978. The van der Waals surface area contributed by atoms with Crippen LogP contribution in [0.1, 0.15) is 13.8 Å². The first-order valence-corrected chi connectivity index (χ1v) is 5.31. The van der Waals surface area contributed by atoms with Crippen LogP contribution in [0.15, 0.2) is 0 Å². The van der Waals surface area contributed by atoms with Gasteiger partial charge in [0.25, 0.3) is 0 Å². The van der Waals surface area contributed by atoms with Crippen LogP contribution in [0, 0.1) is 0 Å². The van der Waals surface area contributed by atoms with Crippen molar-refractivity contribution in [2.75, 3.05) is 26.4 Å². The minimum atomic E-state index is -3.81. The molecule has 0 aliphatic carbocycles. The number of ether oxygens (including phenoxy) is 1. The van der Waals surface area contributed by atoms with Gasteiger partial charge >= 0.3 is 7.82 Å². The van der Waals surface area contributed by atoms with E-state index in [1.807, 2.05) is 6.92 Å². The van der Waals surface area contributed by atoms with Crippen LogP contribution in [0.25, 0.3) is 0 Å². The van der Waals surface area contributed by atoms with Crippen LogP contribution in [-0.4, -0.2) is 31.3 Å². The van der Waals surface area contributed by atoms with Crippen molar-refractivity contribution in [3.8, 4) is 0 Å². The lowest BCUT2D eigenvalue weighted by Crippen LogP contribution is -2.03. The maximum atomic E-state index is 10.8. The predicted molar refractivity (Wildman–Crippen MR) is 43.9 cm³/mol. The van der Waals surface area contributed by atoms with Crippen molar-refractivity contribution < 1.29 is 23.2 Å². The molecule has 0 radical (unpaired) electrons. The zero-order valence-corrected chi connectivity index (χ0v) is 8.25. The zero-order chi connectivity index (χ0) is 9.45. The lowest BCUT2D eigenvalue weighted by atomic mass is 10.8. The third-order valence-corrected chi connectivity index (χ3v) is 2.07. The van der Waals surface area contributed by atoms with Crippen molar-refractivity contribution in [1.29, 1.82) is 0 Å². The van der Waals surface area contributed by atoms with Crippen molar-refractivity contribution in [3.63, 3.8) is 0 Å². The molecule has 1 N–H and O–H groups in total. The van der Waals surface area contributed by atoms with Crippen molar-refractivity contribution >= 4 is 7.82 Å². The van der Waals surface area contributed by atoms with Crippen LogP contribution in [-0.2, 0) is 18.3 Å². The Morgan fingerprint density at radius 3 is 2.33 bits per heavy atom. The van der Waals surface area contributed by atoms with E-state index in [9.17, 15) is 4.57 Å². The van der Waals surface area contributed by atoms with E-state index in [4.69, 9.17) is 9.63 Å². The summed E-state index contributed by atoms with van der Waals surface area (Å²) in [5, 5.41) is 0. The number of hydrogen-bond acceptors (Lipinski definition) is 4. The molecule has 0 amide bonds. The van der Waals surface area contributed by atoms with Gasteiger partial charge in [0.15, 0.2) is 0 Å². The first-order valence-electron chi connectivity index (χ1n) is 3.82. The monoisotopic (exact) mass is 198 g/mol. The van der Waals surface area contributed by atoms with Gasteiger partial charge in [-0.3, -0.25) is 9.05 Å². The molecule has 0 rings (SSSR count). The largest absolute Gasteiger partial charge is 0.472 e. The van der Waals surface area contributed by atoms with Gasteiger partial charge in [-0.2, -0.15) is 0 Å². The van der Waals surface area contributed by atoms with Crippen LogP contribution in [0.5, 0.6) is 0 Å². The summed E-state index contributed by atoms with van der Waals surface area (Å²) in [5.74, 6) is 0. The topological polar surface area (TPSA) is 65.0 Å². The van der Waals surface area contributed by atoms with Gasteiger partial charge in [0.05, 0.1) is 19.8 Å². The number of phosphoric ester groups is 1. The van der Waals surface area contributed by atoms with Crippen LogP contribution in [0.4, 0.5) is 0 Å². The normalized spacial score (nSPS) is 15.9. The summed E-state index contributed by atoms with van der Waals surface area (Å²) < 4.78 is 24.7. The van der Waals surface area contributed by atoms with Gasteiger partial charge in [-0.15, -0.1) is 0 Å².